The van der Waals surface area contributed by atoms with Crippen molar-refractivity contribution in [2.24, 2.45) is 5.92 Å². The summed E-state index contributed by atoms with van der Waals surface area (Å²) < 4.78 is 6.42. The number of anilines is 2. The SMILES string of the molecule is CC(C)COc1ccc(C(=O)NC(=S)Nc2ccc(NC(=O)c3ccc(C(C)(C)C)cc3)cc2)cc1Br. The van der Waals surface area contributed by atoms with Crippen molar-refractivity contribution < 1.29 is 14.3 Å². The fraction of sp³-hybridized carbons (Fsp3) is 0.276. The lowest BCUT2D eigenvalue weighted by molar-refractivity contribution is 0.0976. The Hall–Kier alpha value is -3.23. The first-order chi connectivity index (χ1) is 17.4. The van der Waals surface area contributed by atoms with Crippen LogP contribution in [0.25, 0.3) is 0 Å². The molecule has 0 atom stereocenters. The molecule has 0 aliphatic carbocycles. The topological polar surface area (TPSA) is 79.5 Å². The van der Waals surface area contributed by atoms with Crippen LogP contribution in [0.4, 0.5) is 11.4 Å². The van der Waals surface area contributed by atoms with Gasteiger partial charge in [0.2, 0.25) is 0 Å². The van der Waals surface area contributed by atoms with Crippen molar-refractivity contribution >= 4 is 56.4 Å². The van der Waals surface area contributed by atoms with Crippen LogP contribution in [0.5, 0.6) is 5.75 Å². The number of halogens is 1. The van der Waals surface area contributed by atoms with Gasteiger partial charge in [-0.15, -0.1) is 0 Å². The van der Waals surface area contributed by atoms with E-state index in [0.717, 1.165) is 0 Å². The number of benzene rings is 3. The lowest BCUT2D eigenvalue weighted by Gasteiger charge is -2.19. The van der Waals surface area contributed by atoms with E-state index in [1.54, 1.807) is 42.5 Å². The highest BCUT2D eigenvalue weighted by atomic mass is 79.9. The zero-order valence-electron chi connectivity index (χ0n) is 21.6. The summed E-state index contributed by atoms with van der Waals surface area (Å²) >= 11 is 8.75. The molecule has 3 aromatic carbocycles. The van der Waals surface area contributed by atoms with Crippen LogP contribution in [0.15, 0.2) is 71.2 Å². The second-order valence-electron chi connectivity index (χ2n) is 10.1. The minimum absolute atomic E-state index is 0.0293. The van der Waals surface area contributed by atoms with E-state index >= 15 is 0 Å². The minimum Gasteiger partial charge on any atom is -0.492 e. The standard InChI is InChI=1S/C29H32BrN3O3S/c1-18(2)17-36-25-15-8-20(16-24(25)30)27(35)33-28(37)32-23-13-11-22(12-14-23)31-26(34)19-6-9-21(10-7-19)29(3,4)5/h6-16,18H,17H2,1-5H3,(H,31,34)(H2,32,33,35,37). The van der Waals surface area contributed by atoms with Gasteiger partial charge in [-0.25, -0.2) is 0 Å². The van der Waals surface area contributed by atoms with Gasteiger partial charge in [-0.3, -0.25) is 14.9 Å². The molecular weight excluding hydrogens is 550 g/mol. The van der Waals surface area contributed by atoms with E-state index in [-0.39, 0.29) is 22.3 Å². The Morgan fingerprint density at radius 1 is 0.865 bits per heavy atom. The third kappa shape index (κ3) is 8.40. The Morgan fingerprint density at radius 2 is 1.43 bits per heavy atom. The Kier molecular flexibility index (Phi) is 9.45. The monoisotopic (exact) mass is 581 g/mol. The van der Waals surface area contributed by atoms with E-state index in [1.807, 2.05) is 24.3 Å². The van der Waals surface area contributed by atoms with E-state index in [4.69, 9.17) is 17.0 Å². The second kappa shape index (κ2) is 12.3. The molecule has 6 nitrogen and oxygen atoms in total. The number of thiocarbonyl (C=S) groups is 1. The Balaban J connectivity index is 1.53. The Morgan fingerprint density at radius 3 is 1.97 bits per heavy atom. The van der Waals surface area contributed by atoms with Crippen LogP contribution in [0.1, 0.15) is 60.9 Å². The summed E-state index contributed by atoms with van der Waals surface area (Å²) in [6.45, 7) is 11.1. The van der Waals surface area contributed by atoms with Gasteiger partial charge in [-0.05, 0) is 99.6 Å². The van der Waals surface area contributed by atoms with E-state index in [9.17, 15) is 9.59 Å². The lowest BCUT2D eigenvalue weighted by atomic mass is 9.87. The molecule has 0 radical (unpaired) electrons. The summed E-state index contributed by atoms with van der Waals surface area (Å²) in [6, 6.07) is 19.8. The quantitative estimate of drug-likeness (QED) is 0.258. The largest absolute Gasteiger partial charge is 0.492 e. The van der Waals surface area contributed by atoms with Gasteiger partial charge in [0.25, 0.3) is 11.8 Å². The number of ether oxygens (including phenoxy) is 1. The van der Waals surface area contributed by atoms with Gasteiger partial charge in [-0.2, -0.15) is 0 Å². The second-order valence-corrected chi connectivity index (χ2v) is 11.4. The molecule has 37 heavy (non-hydrogen) atoms. The summed E-state index contributed by atoms with van der Waals surface area (Å²) in [6.07, 6.45) is 0. The first-order valence-electron chi connectivity index (χ1n) is 12.0. The molecule has 0 aliphatic rings. The summed E-state index contributed by atoms with van der Waals surface area (Å²) in [5, 5.41) is 8.71. The summed E-state index contributed by atoms with van der Waals surface area (Å²) in [5.74, 6) is 0.556. The number of hydrogen-bond acceptors (Lipinski definition) is 4. The normalized spacial score (nSPS) is 11.1. The molecule has 0 fully saturated rings. The molecule has 0 unspecified atom stereocenters. The zero-order valence-corrected chi connectivity index (χ0v) is 24.0. The molecule has 8 heteroatoms. The average Bonchev–Trinajstić information content (AvgIpc) is 2.83. The molecule has 3 aromatic rings. The van der Waals surface area contributed by atoms with E-state index < -0.39 is 0 Å². The van der Waals surface area contributed by atoms with Crippen LogP contribution in [-0.2, 0) is 5.41 Å². The average molecular weight is 583 g/mol. The van der Waals surface area contributed by atoms with Crippen molar-refractivity contribution in [3.8, 4) is 5.75 Å². The molecular formula is C29H32BrN3O3S. The number of carbonyl (C=O) groups excluding carboxylic acids is 2. The highest BCUT2D eigenvalue weighted by Gasteiger charge is 2.15. The van der Waals surface area contributed by atoms with Crippen molar-refractivity contribution in [2.45, 2.75) is 40.0 Å². The van der Waals surface area contributed by atoms with Gasteiger partial charge < -0.3 is 15.4 Å². The summed E-state index contributed by atoms with van der Waals surface area (Å²) in [7, 11) is 0. The van der Waals surface area contributed by atoms with Crippen LogP contribution in [0.2, 0.25) is 0 Å². The summed E-state index contributed by atoms with van der Waals surface area (Å²) in [5.41, 5.74) is 3.56. The van der Waals surface area contributed by atoms with Crippen LogP contribution >= 0.6 is 28.1 Å². The van der Waals surface area contributed by atoms with Crippen molar-refractivity contribution in [1.29, 1.82) is 0 Å². The van der Waals surface area contributed by atoms with E-state index in [1.165, 1.54) is 5.56 Å². The lowest BCUT2D eigenvalue weighted by Crippen LogP contribution is -2.34. The van der Waals surface area contributed by atoms with Crippen molar-refractivity contribution in [2.75, 3.05) is 17.2 Å². The molecule has 0 aromatic heterocycles. The van der Waals surface area contributed by atoms with Crippen LogP contribution in [0, 0.1) is 5.92 Å². The molecule has 3 rings (SSSR count). The number of hydrogen-bond donors (Lipinski definition) is 3. The minimum atomic E-state index is -0.338. The van der Waals surface area contributed by atoms with Crippen molar-refractivity contribution in [3.05, 3.63) is 87.9 Å². The first kappa shape index (κ1) is 28.3. The maximum atomic E-state index is 12.6. The number of rotatable bonds is 7. The maximum absolute atomic E-state index is 12.6. The van der Waals surface area contributed by atoms with Gasteiger partial charge >= 0.3 is 0 Å². The fourth-order valence-electron chi connectivity index (χ4n) is 3.31. The Bertz CT molecular complexity index is 1270. The van der Waals surface area contributed by atoms with Gasteiger partial charge in [0.15, 0.2) is 5.11 Å². The summed E-state index contributed by atoms with van der Waals surface area (Å²) in [4.78, 5) is 25.2. The van der Waals surface area contributed by atoms with Gasteiger partial charge in [-0.1, -0.05) is 46.8 Å². The molecule has 2 amide bonds. The fourth-order valence-corrected chi connectivity index (χ4v) is 4.02. The van der Waals surface area contributed by atoms with Crippen LogP contribution in [0.3, 0.4) is 0 Å². The third-order valence-corrected chi connectivity index (χ3v) is 6.23. The first-order valence-corrected chi connectivity index (χ1v) is 13.2. The molecule has 3 N–H and O–H groups in total. The molecule has 0 spiro atoms. The molecule has 194 valence electrons. The van der Waals surface area contributed by atoms with Gasteiger partial charge in [0, 0.05) is 22.5 Å². The predicted octanol–water partition coefficient (Wildman–Crippen LogP) is 7.16. The van der Waals surface area contributed by atoms with E-state index in [2.05, 4.69) is 66.5 Å². The van der Waals surface area contributed by atoms with Gasteiger partial charge in [0.1, 0.15) is 5.75 Å². The van der Waals surface area contributed by atoms with Crippen molar-refractivity contribution in [3.63, 3.8) is 0 Å². The Labute approximate surface area is 232 Å². The van der Waals surface area contributed by atoms with Crippen molar-refractivity contribution in [1.82, 2.24) is 5.32 Å². The smallest absolute Gasteiger partial charge is 0.257 e. The van der Waals surface area contributed by atoms with Crippen LogP contribution < -0.4 is 20.7 Å². The van der Waals surface area contributed by atoms with E-state index in [0.29, 0.717) is 45.2 Å². The third-order valence-electron chi connectivity index (χ3n) is 5.41. The maximum Gasteiger partial charge on any atom is 0.257 e. The number of amides is 2. The zero-order chi connectivity index (χ0) is 27.2. The molecule has 0 saturated carbocycles. The molecule has 0 aliphatic heterocycles. The molecule has 0 bridgehead atoms. The van der Waals surface area contributed by atoms with Crippen LogP contribution in [-0.4, -0.2) is 23.5 Å². The number of nitrogens with one attached hydrogen (secondary N) is 3. The van der Waals surface area contributed by atoms with Gasteiger partial charge in [0.05, 0.1) is 11.1 Å². The highest BCUT2D eigenvalue weighted by Crippen LogP contribution is 2.27. The molecule has 0 saturated heterocycles. The molecule has 0 heterocycles. The predicted molar refractivity (Wildman–Crippen MR) is 158 cm³/mol. The number of carbonyl (C=O) groups is 2. The highest BCUT2D eigenvalue weighted by molar-refractivity contribution is 9.10.